The highest BCUT2D eigenvalue weighted by Gasteiger charge is 2.39. The number of likely N-dealkylation sites (tertiary alicyclic amines) is 1. The zero-order valence-corrected chi connectivity index (χ0v) is 21.2. The zero-order chi connectivity index (χ0) is 26.0. The van der Waals surface area contributed by atoms with E-state index in [-0.39, 0.29) is 17.9 Å². The SMILES string of the molecule is CCN1C[C@H](NC(=O)c2ccc3nc(C(O)(c4ccccc4)c4ccccc4)n(CC)c3c2)CCC1=O. The van der Waals surface area contributed by atoms with E-state index in [0.29, 0.717) is 49.4 Å². The second kappa shape index (κ2) is 10.2. The highest BCUT2D eigenvalue weighted by Crippen LogP contribution is 2.37. The van der Waals surface area contributed by atoms with E-state index >= 15 is 0 Å². The van der Waals surface area contributed by atoms with Crippen LogP contribution in [0, 0.1) is 0 Å². The molecule has 1 atom stereocenters. The van der Waals surface area contributed by atoms with Gasteiger partial charge in [0.2, 0.25) is 5.91 Å². The van der Waals surface area contributed by atoms with Gasteiger partial charge in [0.15, 0.2) is 11.4 Å². The predicted molar refractivity (Wildman–Crippen MR) is 143 cm³/mol. The molecular formula is C30H32N4O3. The van der Waals surface area contributed by atoms with Gasteiger partial charge in [0.05, 0.1) is 11.0 Å². The molecule has 7 heteroatoms. The van der Waals surface area contributed by atoms with E-state index in [4.69, 9.17) is 4.98 Å². The molecule has 1 fully saturated rings. The summed E-state index contributed by atoms with van der Waals surface area (Å²) >= 11 is 0. The summed E-state index contributed by atoms with van der Waals surface area (Å²) in [5, 5.41) is 15.4. The third-order valence-corrected chi connectivity index (χ3v) is 7.25. The fourth-order valence-electron chi connectivity index (χ4n) is 5.25. The first-order valence-corrected chi connectivity index (χ1v) is 12.9. The lowest BCUT2D eigenvalue weighted by molar-refractivity contribution is -0.133. The minimum absolute atomic E-state index is 0.0752. The van der Waals surface area contributed by atoms with Crippen molar-refractivity contribution in [2.75, 3.05) is 13.1 Å². The first-order chi connectivity index (χ1) is 18.0. The number of fused-ring (bicyclic) bond motifs is 1. The number of amides is 2. The van der Waals surface area contributed by atoms with Gasteiger partial charge in [0.1, 0.15) is 0 Å². The van der Waals surface area contributed by atoms with Crippen molar-refractivity contribution in [3.8, 4) is 0 Å². The van der Waals surface area contributed by atoms with Gasteiger partial charge in [-0.25, -0.2) is 4.98 Å². The van der Waals surface area contributed by atoms with Crippen LogP contribution < -0.4 is 5.32 Å². The Labute approximate surface area is 216 Å². The molecule has 1 aliphatic heterocycles. The van der Waals surface area contributed by atoms with E-state index in [1.54, 1.807) is 11.0 Å². The summed E-state index contributed by atoms with van der Waals surface area (Å²) in [5.41, 5.74) is 1.98. The van der Waals surface area contributed by atoms with Crippen molar-refractivity contribution in [1.29, 1.82) is 0 Å². The maximum Gasteiger partial charge on any atom is 0.251 e. The number of carbonyl (C=O) groups is 2. The van der Waals surface area contributed by atoms with Crippen LogP contribution in [0.15, 0.2) is 78.9 Å². The van der Waals surface area contributed by atoms with Crippen LogP contribution >= 0.6 is 0 Å². The molecule has 1 aliphatic rings. The zero-order valence-electron chi connectivity index (χ0n) is 21.2. The van der Waals surface area contributed by atoms with Crippen LogP contribution in [0.5, 0.6) is 0 Å². The van der Waals surface area contributed by atoms with Crippen molar-refractivity contribution in [3.05, 3.63) is 101 Å². The molecule has 2 heterocycles. The number of aryl methyl sites for hydroxylation is 1. The molecule has 2 N–H and O–H groups in total. The number of aromatic nitrogens is 2. The quantitative estimate of drug-likeness (QED) is 0.404. The largest absolute Gasteiger partial charge is 0.373 e. The molecule has 1 aromatic heterocycles. The average Bonchev–Trinajstić information content (AvgIpc) is 3.33. The van der Waals surface area contributed by atoms with Gasteiger partial charge in [0.25, 0.3) is 5.91 Å². The Morgan fingerprint density at radius 2 is 1.65 bits per heavy atom. The van der Waals surface area contributed by atoms with Crippen molar-refractivity contribution in [2.45, 2.75) is 44.9 Å². The number of nitrogens with one attached hydrogen (secondary N) is 1. The second-order valence-electron chi connectivity index (χ2n) is 9.47. The van der Waals surface area contributed by atoms with Crippen molar-refractivity contribution >= 4 is 22.8 Å². The average molecular weight is 497 g/mol. The lowest BCUT2D eigenvalue weighted by Crippen LogP contribution is -2.49. The highest BCUT2D eigenvalue weighted by molar-refractivity contribution is 5.97. The first kappa shape index (κ1) is 24.7. The number of rotatable bonds is 7. The summed E-state index contributed by atoms with van der Waals surface area (Å²) < 4.78 is 1.98. The number of hydrogen-bond donors (Lipinski definition) is 2. The number of benzene rings is 3. The fraction of sp³-hybridized carbons (Fsp3) is 0.300. The summed E-state index contributed by atoms with van der Waals surface area (Å²) in [6.07, 6.45) is 1.09. The Bertz CT molecular complexity index is 1380. The summed E-state index contributed by atoms with van der Waals surface area (Å²) in [6.45, 7) is 5.69. The summed E-state index contributed by atoms with van der Waals surface area (Å²) in [4.78, 5) is 31.9. The number of imidazole rings is 1. The van der Waals surface area contributed by atoms with Crippen LogP contribution in [0.4, 0.5) is 0 Å². The smallest absolute Gasteiger partial charge is 0.251 e. The Kier molecular flexibility index (Phi) is 6.80. The van der Waals surface area contributed by atoms with Gasteiger partial charge in [-0.3, -0.25) is 9.59 Å². The molecular weight excluding hydrogens is 464 g/mol. The fourth-order valence-corrected chi connectivity index (χ4v) is 5.25. The number of aliphatic hydroxyl groups is 1. The van der Waals surface area contributed by atoms with Crippen LogP contribution in [-0.4, -0.2) is 50.5 Å². The van der Waals surface area contributed by atoms with Gasteiger partial charge >= 0.3 is 0 Å². The molecule has 7 nitrogen and oxygen atoms in total. The van der Waals surface area contributed by atoms with E-state index in [0.717, 1.165) is 16.6 Å². The predicted octanol–water partition coefficient (Wildman–Crippen LogP) is 4.08. The van der Waals surface area contributed by atoms with Gasteiger partial charge in [-0.15, -0.1) is 0 Å². The van der Waals surface area contributed by atoms with Crippen LogP contribution in [0.2, 0.25) is 0 Å². The Morgan fingerprint density at radius 1 is 1.00 bits per heavy atom. The lowest BCUT2D eigenvalue weighted by Gasteiger charge is -2.32. The monoisotopic (exact) mass is 496 g/mol. The molecule has 4 aromatic rings. The van der Waals surface area contributed by atoms with E-state index in [1.165, 1.54) is 0 Å². The molecule has 0 spiro atoms. The number of carbonyl (C=O) groups excluding carboxylic acids is 2. The topological polar surface area (TPSA) is 87.5 Å². The van der Waals surface area contributed by atoms with Crippen molar-refractivity contribution in [2.24, 2.45) is 0 Å². The van der Waals surface area contributed by atoms with Crippen LogP contribution in [-0.2, 0) is 16.9 Å². The second-order valence-corrected chi connectivity index (χ2v) is 9.47. The summed E-state index contributed by atoms with van der Waals surface area (Å²) in [7, 11) is 0. The molecule has 0 radical (unpaired) electrons. The minimum atomic E-state index is -1.47. The van der Waals surface area contributed by atoms with Crippen LogP contribution in [0.1, 0.15) is 54.0 Å². The number of piperidine rings is 1. The van der Waals surface area contributed by atoms with Gasteiger partial charge < -0.3 is 19.9 Å². The van der Waals surface area contributed by atoms with Crippen molar-refractivity contribution in [3.63, 3.8) is 0 Å². The Morgan fingerprint density at radius 3 is 2.24 bits per heavy atom. The molecule has 37 heavy (non-hydrogen) atoms. The Hall–Kier alpha value is -3.97. The van der Waals surface area contributed by atoms with Crippen molar-refractivity contribution < 1.29 is 14.7 Å². The number of likely N-dealkylation sites (N-methyl/N-ethyl adjacent to an activating group) is 1. The van der Waals surface area contributed by atoms with E-state index in [1.807, 2.05) is 91.2 Å². The third kappa shape index (κ3) is 4.51. The van der Waals surface area contributed by atoms with Gasteiger partial charge in [0, 0.05) is 37.7 Å². The molecule has 2 amide bonds. The van der Waals surface area contributed by atoms with Gasteiger partial charge in [-0.2, -0.15) is 0 Å². The standard InChI is InChI=1S/C30H32N4O3/c1-3-33-20-24(16-18-27(33)35)31-28(36)21-15-17-25-26(19-21)34(4-2)29(32-25)30(37,22-11-7-5-8-12-22)23-13-9-6-10-14-23/h5-15,17,19,24,37H,3-4,16,18,20H2,1-2H3,(H,31,36)/t24-/m1/s1. The van der Waals surface area contributed by atoms with E-state index in [9.17, 15) is 14.7 Å². The van der Waals surface area contributed by atoms with Gasteiger partial charge in [-0.1, -0.05) is 60.7 Å². The maximum atomic E-state index is 13.2. The molecule has 0 bridgehead atoms. The summed E-state index contributed by atoms with van der Waals surface area (Å²) in [5.74, 6) is 0.464. The lowest BCUT2D eigenvalue weighted by atomic mass is 9.85. The molecule has 3 aromatic carbocycles. The van der Waals surface area contributed by atoms with Crippen LogP contribution in [0.25, 0.3) is 11.0 Å². The first-order valence-electron chi connectivity index (χ1n) is 12.9. The Balaban J connectivity index is 1.54. The minimum Gasteiger partial charge on any atom is -0.373 e. The third-order valence-electron chi connectivity index (χ3n) is 7.25. The van der Waals surface area contributed by atoms with Gasteiger partial charge in [-0.05, 0) is 49.6 Å². The van der Waals surface area contributed by atoms with Crippen LogP contribution in [0.3, 0.4) is 0 Å². The normalized spacial score (nSPS) is 16.2. The van der Waals surface area contributed by atoms with E-state index in [2.05, 4.69) is 5.32 Å². The van der Waals surface area contributed by atoms with E-state index < -0.39 is 5.60 Å². The number of nitrogens with zero attached hydrogens (tertiary/aromatic N) is 3. The highest BCUT2D eigenvalue weighted by atomic mass is 16.3. The molecule has 0 saturated carbocycles. The molecule has 190 valence electrons. The van der Waals surface area contributed by atoms with Crippen molar-refractivity contribution in [1.82, 2.24) is 19.8 Å². The molecule has 5 rings (SSSR count). The molecule has 0 unspecified atom stereocenters. The number of hydrogen-bond acceptors (Lipinski definition) is 4. The molecule has 1 saturated heterocycles. The molecule has 0 aliphatic carbocycles. The summed E-state index contributed by atoms with van der Waals surface area (Å²) in [6, 6.07) is 24.4. The maximum absolute atomic E-state index is 13.2.